The van der Waals surface area contributed by atoms with E-state index in [1.54, 1.807) is 11.8 Å². The van der Waals surface area contributed by atoms with E-state index in [0.29, 0.717) is 0 Å². The summed E-state index contributed by atoms with van der Waals surface area (Å²) < 4.78 is 0. The highest BCUT2D eigenvalue weighted by molar-refractivity contribution is 7.98. The Balaban J connectivity index is 2.13. The zero-order chi connectivity index (χ0) is 13.7. The van der Waals surface area contributed by atoms with Crippen LogP contribution >= 0.6 is 35.0 Å². The van der Waals surface area contributed by atoms with Crippen molar-refractivity contribution in [2.75, 3.05) is 7.05 Å². The summed E-state index contributed by atoms with van der Waals surface area (Å²) in [5.74, 6) is 0.859. The van der Waals surface area contributed by atoms with Crippen LogP contribution in [0.2, 0.25) is 10.0 Å². The normalized spacial score (nSPS) is 10.7. The molecule has 0 spiro atoms. The van der Waals surface area contributed by atoms with Crippen LogP contribution in [-0.4, -0.2) is 7.05 Å². The third-order valence-corrected chi connectivity index (χ3v) is 4.50. The highest BCUT2D eigenvalue weighted by Gasteiger charge is 2.05. The first-order valence-electron chi connectivity index (χ1n) is 6.00. The molecule has 0 amide bonds. The minimum Gasteiger partial charge on any atom is -0.316 e. The number of rotatable bonds is 5. The van der Waals surface area contributed by atoms with E-state index >= 15 is 0 Å². The Morgan fingerprint density at radius 3 is 2.58 bits per heavy atom. The number of hydrogen-bond donors (Lipinski definition) is 1. The molecule has 1 nitrogen and oxygen atoms in total. The molecule has 0 bridgehead atoms. The molecular formula is C15H15Cl2NS. The summed E-state index contributed by atoms with van der Waals surface area (Å²) in [6.07, 6.45) is 0. The average molecular weight is 312 g/mol. The van der Waals surface area contributed by atoms with Gasteiger partial charge in [-0.15, -0.1) is 11.8 Å². The largest absolute Gasteiger partial charge is 0.316 e. The van der Waals surface area contributed by atoms with Crippen LogP contribution in [0.1, 0.15) is 11.1 Å². The van der Waals surface area contributed by atoms with Gasteiger partial charge in [0, 0.05) is 27.2 Å². The van der Waals surface area contributed by atoms with Gasteiger partial charge < -0.3 is 5.32 Å². The maximum absolute atomic E-state index is 6.17. The van der Waals surface area contributed by atoms with Crippen LogP contribution in [0, 0.1) is 0 Å². The van der Waals surface area contributed by atoms with E-state index in [4.69, 9.17) is 23.2 Å². The highest BCUT2D eigenvalue weighted by atomic mass is 35.5. The molecule has 0 radical (unpaired) electrons. The van der Waals surface area contributed by atoms with Gasteiger partial charge in [-0.25, -0.2) is 0 Å². The Labute approximate surface area is 128 Å². The van der Waals surface area contributed by atoms with Crippen LogP contribution < -0.4 is 5.32 Å². The second-order valence-corrected chi connectivity index (χ2v) is 6.02. The molecule has 2 rings (SSSR count). The number of halogens is 2. The van der Waals surface area contributed by atoms with Gasteiger partial charge in [-0.1, -0.05) is 41.4 Å². The molecule has 0 saturated carbocycles. The zero-order valence-electron chi connectivity index (χ0n) is 10.6. The Kier molecular flexibility index (Phi) is 5.59. The summed E-state index contributed by atoms with van der Waals surface area (Å²) >= 11 is 14.0. The van der Waals surface area contributed by atoms with Crippen molar-refractivity contribution in [3.05, 3.63) is 63.6 Å². The van der Waals surface area contributed by atoms with Crippen molar-refractivity contribution in [3.8, 4) is 0 Å². The number of benzene rings is 2. The fraction of sp³-hybridized carbons (Fsp3) is 0.200. The maximum Gasteiger partial charge on any atom is 0.0446 e. The van der Waals surface area contributed by atoms with Crippen molar-refractivity contribution in [3.63, 3.8) is 0 Å². The molecule has 0 saturated heterocycles. The standard InChI is InChI=1S/C15H15Cl2NS/c1-18-9-12-8-13(16)6-7-15(12)19-10-11-4-2-3-5-14(11)17/h2-8,18H,9-10H2,1H3. The lowest BCUT2D eigenvalue weighted by atomic mass is 10.2. The Morgan fingerprint density at radius 1 is 1.05 bits per heavy atom. The molecular weight excluding hydrogens is 297 g/mol. The van der Waals surface area contributed by atoms with Gasteiger partial charge in [0.1, 0.15) is 0 Å². The fourth-order valence-electron chi connectivity index (χ4n) is 1.79. The summed E-state index contributed by atoms with van der Waals surface area (Å²) in [6, 6.07) is 13.9. The second kappa shape index (κ2) is 7.20. The zero-order valence-corrected chi connectivity index (χ0v) is 12.9. The van der Waals surface area contributed by atoms with Crippen LogP contribution in [0.15, 0.2) is 47.4 Å². The van der Waals surface area contributed by atoms with Crippen LogP contribution in [0.25, 0.3) is 0 Å². The Morgan fingerprint density at radius 2 is 1.84 bits per heavy atom. The Hall–Kier alpha value is -0.670. The molecule has 4 heteroatoms. The van der Waals surface area contributed by atoms with Crippen molar-refractivity contribution in [1.82, 2.24) is 5.32 Å². The van der Waals surface area contributed by atoms with E-state index < -0.39 is 0 Å². The predicted octanol–water partition coefficient (Wildman–Crippen LogP) is 5.01. The van der Waals surface area contributed by atoms with Crippen LogP contribution in [-0.2, 0) is 12.3 Å². The lowest BCUT2D eigenvalue weighted by Crippen LogP contribution is -2.06. The minimum atomic E-state index is 0.771. The molecule has 0 aliphatic heterocycles. The van der Waals surface area contributed by atoms with Crippen LogP contribution in [0.4, 0.5) is 0 Å². The second-order valence-electron chi connectivity index (χ2n) is 4.16. The third-order valence-electron chi connectivity index (χ3n) is 2.73. The van der Waals surface area contributed by atoms with E-state index in [2.05, 4.69) is 17.4 Å². The molecule has 1 N–H and O–H groups in total. The lowest BCUT2D eigenvalue weighted by Gasteiger charge is -2.10. The van der Waals surface area contributed by atoms with Gasteiger partial charge in [0.15, 0.2) is 0 Å². The van der Waals surface area contributed by atoms with Crippen molar-refractivity contribution < 1.29 is 0 Å². The van der Waals surface area contributed by atoms with Gasteiger partial charge in [-0.05, 0) is 42.4 Å². The average Bonchev–Trinajstić information content (AvgIpc) is 2.40. The van der Waals surface area contributed by atoms with Gasteiger partial charge in [0.05, 0.1) is 0 Å². The lowest BCUT2D eigenvalue weighted by molar-refractivity contribution is 0.803. The van der Waals surface area contributed by atoms with E-state index in [0.717, 1.165) is 27.9 Å². The van der Waals surface area contributed by atoms with E-state index in [1.165, 1.54) is 10.5 Å². The van der Waals surface area contributed by atoms with Gasteiger partial charge >= 0.3 is 0 Å². The molecule has 2 aromatic rings. The van der Waals surface area contributed by atoms with Crippen molar-refractivity contribution in [2.24, 2.45) is 0 Å². The monoisotopic (exact) mass is 311 g/mol. The molecule has 0 atom stereocenters. The molecule has 2 aromatic carbocycles. The summed E-state index contributed by atoms with van der Waals surface area (Å²) in [5.41, 5.74) is 2.37. The first-order chi connectivity index (χ1) is 9.20. The summed E-state index contributed by atoms with van der Waals surface area (Å²) in [5, 5.41) is 4.75. The molecule has 0 aliphatic rings. The van der Waals surface area contributed by atoms with Crippen LogP contribution in [0.3, 0.4) is 0 Å². The Bertz CT molecular complexity index is 558. The van der Waals surface area contributed by atoms with Crippen molar-refractivity contribution >= 4 is 35.0 Å². The first kappa shape index (κ1) is 14.7. The van der Waals surface area contributed by atoms with Gasteiger partial charge in [0.25, 0.3) is 0 Å². The van der Waals surface area contributed by atoms with Crippen LogP contribution in [0.5, 0.6) is 0 Å². The van der Waals surface area contributed by atoms with Crippen molar-refractivity contribution in [2.45, 2.75) is 17.2 Å². The molecule has 0 unspecified atom stereocenters. The smallest absolute Gasteiger partial charge is 0.0446 e. The first-order valence-corrected chi connectivity index (χ1v) is 7.74. The predicted molar refractivity (Wildman–Crippen MR) is 85.2 cm³/mol. The summed E-state index contributed by atoms with van der Waals surface area (Å²) in [6.45, 7) is 0.811. The SMILES string of the molecule is CNCc1cc(Cl)ccc1SCc1ccccc1Cl. The summed E-state index contributed by atoms with van der Waals surface area (Å²) in [7, 11) is 1.93. The van der Waals surface area contributed by atoms with E-state index in [-0.39, 0.29) is 0 Å². The number of hydrogen-bond acceptors (Lipinski definition) is 2. The maximum atomic E-state index is 6.17. The topological polar surface area (TPSA) is 12.0 Å². The third kappa shape index (κ3) is 4.15. The highest BCUT2D eigenvalue weighted by Crippen LogP contribution is 2.30. The summed E-state index contributed by atoms with van der Waals surface area (Å²) in [4.78, 5) is 1.23. The minimum absolute atomic E-state index is 0.771. The molecule has 0 heterocycles. The van der Waals surface area contributed by atoms with Crippen molar-refractivity contribution in [1.29, 1.82) is 0 Å². The van der Waals surface area contributed by atoms with Gasteiger partial charge in [-0.2, -0.15) is 0 Å². The van der Waals surface area contributed by atoms with E-state index in [9.17, 15) is 0 Å². The molecule has 0 fully saturated rings. The number of thioether (sulfide) groups is 1. The van der Waals surface area contributed by atoms with Gasteiger partial charge in [0.2, 0.25) is 0 Å². The quantitative estimate of drug-likeness (QED) is 0.779. The number of nitrogens with one attached hydrogen (secondary N) is 1. The van der Waals surface area contributed by atoms with Gasteiger partial charge in [-0.3, -0.25) is 0 Å². The molecule has 0 aliphatic carbocycles. The molecule has 100 valence electrons. The fourth-order valence-corrected chi connectivity index (χ4v) is 3.31. The van der Waals surface area contributed by atoms with E-state index in [1.807, 2.05) is 37.4 Å². The molecule has 19 heavy (non-hydrogen) atoms. The molecule has 0 aromatic heterocycles.